The summed E-state index contributed by atoms with van der Waals surface area (Å²) in [5.74, 6) is 0.380. The Morgan fingerprint density at radius 2 is 2.32 bits per heavy atom. The van der Waals surface area contributed by atoms with Gasteiger partial charge in [-0.25, -0.2) is 0 Å². The number of rotatable bonds is 4. The zero-order chi connectivity index (χ0) is 18.0. The van der Waals surface area contributed by atoms with Gasteiger partial charge in [-0.1, -0.05) is 18.2 Å². The van der Waals surface area contributed by atoms with Crippen LogP contribution in [0, 0.1) is 12.8 Å². The van der Waals surface area contributed by atoms with Gasteiger partial charge in [0.25, 0.3) is 0 Å². The quantitative estimate of drug-likeness (QED) is 0.523. The van der Waals surface area contributed by atoms with Crippen molar-refractivity contribution in [1.82, 2.24) is 10.2 Å². The molecule has 25 heavy (non-hydrogen) atoms. The van der Waals surface area contributed by atoms with Crippen LogP contribution in [0.25, 0.3) is 0 Å². The molecule has 0 aliphatic carbocycles. The molecule has 1 saturated heterocycles. The highest BCUT2D eigenvalue weighted by atomic mass is 16.5. The molecule has 1 aromatic rings. The van der Waals surface area contributed by atoms with Crippen molar-refractivity contribution in [3.63, 3.8) is 0 Å². The van der Waals surface area contributed by atoms with Crippen LogP contribution in [0.4, 0.5) is 0 Å². The number of hydrogen-bond donors (Lipinski definition) is 4. The fourth-order valence-corrected chi connectivity index (χ4v) is 3.68. The molecule has 3 atom stereocenters. The number of hydrogen-bond acceptors (Lipinski definition) is 6. The molecule has 2 heterocycles. The first-order chi connectivity index (χ1) is 12.0. The maximum absolute atomic E-state index is 12.4. The van der Waals surface area contributed by atoms with Crippen molar-refractivity contribution in [3.05, 3.63) is 29.3 Å². The monoisotopic (exact) mass is 346 g/mol. The predicted molar refractivity (Wildman–Crippen MR) is 97.0 cm³/mol. The molecule has 0 bridgehead atoms. The minimum absolute atomic E-state index is 0.109. The van der Waals surface area contributed by atoms with Gasteiger partial charge in [0.05, 0.1) is 12.5 Å². The first kappa shape index (κ1) is 18.2. The van der Waals surface area contributed by atoms with Gasteiger partial charge in [0.15, 0.2) is 0 Å². The average molecular weight is 346 g/mol. The Kier molecular flexibility index (Phi) is 5.63. The van der Waals surface area contributed by atoms with Crippen molar-refractivity contribution in [2.24, 2.45) is 17.4 Å². The van der Waals surface area contributed by atoms with Crippen LogP contribution in [0.5, 0.6) is 5.75 Å². The summed E-state index contributed by atoms with van der Waals surface area (Å²) in [7, 11) is -1.04. The molecule has 0 spiro atoms. The van der Waals surface area contributed by atoms with E-state index in [1.165, 1.54) is 0 Å². The lowest BCUT2D eigenvalue weighted by atomic mass is 9.72. The third-order valence-electron chi connectivity index (χ3n) is 5.21. The molecule has 2 aliphatic heterocycles. The number of piperidine rings is 1. The number of nitrogens with two attached hydrogens (primary N) is 2. The number of carbonyl (C=O) groups excluding carboxylic acids is 1. The molecule has 0 aromatic heterocycles. The highest BCUT2D eigenvalue weighted by Crippen LogP contribution is 2.29. The van der Waals surface area contributed by atoms with E-state index in [0.29, 0.717) is 13.0 Å². The first-order valence-electron chi connectivity index (χ1n) is 8.88. The van der Waals surface area contributed by atoms with Gasteiger partial charge in [0, 0.05) is 19.1 Å². The number of aryl methyl sites for hydroxylation is 1. The molecule has 7 nitrogen and oxygen atoms in total. The Labute approximate surface area is 148 Å². The Hall–Kier alpha value is -1.61. The number of nitrogens with zero attached hydrogens (tertiary/aromatic N) is 1. The highest BCUT2D eigenvalue weighted by molar-refractivity contribution is 6.46. The van der Waals surface area contributed by atoms with E-state index in [-0.39, 0.29) is 24.4 Å². The van der Waals surface area contributed by atoms with Gasteiger partial charge < -0.3 is 26.5 Å². The van der Waals surface area contributed by atoms with Gasteiger partial charge in [0.1, 0.15) is 5.75 Å². The summed E-state index contributed by atoms with van der Waals surface area (Å²) < 4.78 is 5.61. The van der Waals surface area contributed by atoms with Crippen LogP contribution >= 0.6 is 0 Å². The molecule has 136 valence electrons. The molecule has 1 amide bonds. The fourth-order valence-electron chi connectivity index (χ4n) is 3.68. The third kappa shape index (κ3) is 4.15. The number of para-hydroxylation sites is 1. The predicted octanol–water partition coefficient (Wildman–Crippen LogP) is -0.958. The first-order valence-corrected chi connectivity index (χ1v) is 8.88. The molecule has 8 heteroatoms. The minimum Gasteiger partial charge on any atom is -0.534 e. The number of fused-ring (bicyclic) bond motifs is 1. The van der Waals surface area contributed by atoms with Crippen molar-refractivity contribution >= 4 is 13.0 Å². The molecule has 0 radical (unpaired) electrons. The van der Waals surface area contributed by atoms with E-state index < -0.39 is 13.1 Å². The number of amides is 1. The van der Waals surface area contributed by atoms with Crippen LogP contribution in [0.2, 0.25) is 0 Å². The van der Waals surface area contributed by atoms with Crippen LogP contribution in [0.3, 0.4) is 0 Å². The molecule has 2 aliphatic rings. The summed E-state index contributed by atoms with van der Waals surface area (Å²) in [4.78, 5) is 14.5. The summed E-state index contributed by atoms with van der Waals surface area (Å²) in [5.41, 5.74) is 13.8. The standard InChI is InChI=1S/C17H27BN4O3/c1-11-3-2-4-12-7-15(18(24)25-17(11)12)21-16(23)10-22-6-5-14(20)13(8-19)9-22/h2-4,13-15,24H,5-10,19-20H2,1H3,(H,21,23). The van der Waals surface area contributed by atoms with Crippen molar-refractivity contribution in [2.75, 3.05) is 26.2 Å². The second-order valence-electron chi connectivity index (χ2n) is 7.13. The van der Waals surface area contributed by atoms with Gasteiger partial charge in [-0.15, -0.1) is 0 Å². The molecule has 1 fully saturated rings. The van der Waals surface area contributed by atoms with Gasteiger partial charge in [-0.2, -0.15) is 0 Å². The SMILES string of the molecule is Cc1cccc2c1OB(O)C(NC(=O)CN1CCC(N)C(CN)C1)C2. The van der Waals surface area contributed by atoms with E-state index in [1.54, 1.807) is 0 Å². The van der Waals surface area contributed by atoms with E-state index in [2.05, 4.69) is 10.2 Å². The smallest absolute Gasteiger partial charge is 0.534 e. The van der Waals surface area contributed by atoms with Crippen LogP contribution in [-0.4, -0.2) is 61.1 Å². The molecule has 0 saturated carbocycles. The van der Waals surface area contributed by atoms with Crippen molar-refractivity contribution < 1.29 is 14.5 Å². The lowest BCUT2D eigenvalue weighted by molar-refractivity contribution is -0.123. The van der Waals surface area contributed by atoms with Crippen molar-refractivity contribution in [2.45, 2.75) is 31.7 Å². The van der Waals surface area contributed by atoms with Crippen LogP contribution in [0.1, 0.15) is 17.5 Å². The number of likely N-dealkylation sites (tertiary alicyclic amines) is 1. The summed E-state index contributed by atoms with van der Waals surface area (Å²) in [5, 5.41) is 13.1. The van der Waals surface area contributed by atoms with E-state index >= 15 is 0 Å². The number of carbonyl (C=O) groups is 1. The molecule has 3 unspecified atom stereocenters. The maximum atomic E-state index is 12.4. The topological polar surface area (TPSA) is 114 Å². The lowest BCUT2D eigenvalue weighted by Gasteiger charge is -2.36. The summed E-state index contributed by atoms with van der Waals surface area (Å²) in [6.45, 7) is 4.28. The summed E-state index contributed by atoms with van der Waals surface area (Å²) in [6, 6.07) is 5.97. The zero-order valence-electron chi connectivity index (χ0n) is 14.6. The van der Waals surface area contributed by atoms with E-state index in [9.17, 15) is 9.82 Å². The molecule has 3 rings (SSSR count). The third-order valence-corrected chi connectivity index (χ3v) is 5.21. The largest absolute Gasteiger partial charge is 0.547 e. The molecule has 1 aromatic carbocycles. The minimum atomic E-state index is -1.04. The highest BCUT2D eigenvalue weighted by Gasteiger charge is 2.37. The Balaban J connectivity index is 1.56. The average Bonchev–Trinajstić information content (AvgIpc) is 2.58. The molecule has 6 N–H and O–H groups in total. The second-order valence-corrected chi connectivity index (χ2v) is 7.13. The molecular formula is C17H27BN4O3. The van der Waals surface area contributed by atoms with E-state index in [1.807, 2.05) is 25.1 Å². The van der Waals surface area contributed by atoms with E-state index in [4.69, 9.17) is 16.1 Å². The van der Waals surface area contributed by atoms with Crippen LogP contribution < -0.4 is 21.4 Å². The zero-order valence-corrected chi connectivity index (χ0v) is 14.6. The van der Waals surface area contributed by atoms with Gasteiger partial charge in [-0.3, -0.25) is 9.69 Å². The van der Waals surface area contributed by atoms with Crippen LogP contribution in [-0.2, 0) is 11.2 Å². The maximum Gasteiger partial charge on any atom is 0.547 e. The Morgan fingerprint density at radius 3 is 3.08 bits per heavy atom. The summed E-state index contributed by atoms with van der Waals surface area (Å²) in [6.07, 6.45) is 1.40. The van der Waals surface area contributed by atoms with Gasteiger partial charge >= 0.3 is 7.12 Å². The Bertz CT molecular complexity index is 630. The molecular weight excluding hydrogens is 319 g/mol. The van der Waals surface area contributed by atoms with E-state index in [0.717, 1.165) is 36.4 Å². The number of benzene rings is 1. The van der Waals surface area contributed by atoms with Gasteiger partial charge in [-0.05, 0) is 43.4 Å². The van der Waals surface area contributed by atoms with Gasteiger partial charge in [0.2, 0.25) is 5.91 Å². The fraction of sp³-hybridized carbons (Fsp3) is 0.588. The normalized spacial score (nSPS) is 26.7. The number of nitrogens with one attached hydrogen (secondary N) is 1. The summed E-state index contributed by atoms with van der Waals surface area (Å²) >= 11 is 0. The second kappa shape index (κ2) is 7.74. The van der Waals surface area contributed by atoms with Crippen molar-refractivity contribution in [1.29, 1.82) is 0 Å². The van der Waals surface area contributed by atoms with Crippen molar-refractivity contribution in [3.8, 4) is 5.75 Å². The Morgan fingerprint density at radius 1 is 1.52 bits per heavy atom. The lowest BCUT2D eigenvalue weighted by Crippen LogP contribution is -2.56. The van der Waals surface area contributed by atoms with Crippen LogP contribution in [0.15, 0.2) is 18.2 Å².